The second kappa shape index (κ2) is 8.76. The fraction of sp³-hybridized carbons (Fsp3) is 0.917. The van der Waals surface area contributed by atoms with Gasteiger partial charge >= 0.3 is 0 Å². The minimum Gasteiger partial charge on any atom is -0.383 e. The Morgan fingerprint density at radius 1 is 1.19 bits per heavy atom. The third-order valence-corrected chi connectivity index (χ3v) is 2.44. The molecule has 0 aliphatic carbocycles. The number of hydrogen-bond acceptors (Lipinski definition) is 2. The number of thiocarbonyl (C=S) groups is 1. The molecule has 0 spiro atoms. The molecule has 0 aliphatic rings. The fourth-order valence-electron chi connectivity index (χ4n) is 1.49. The van der Waals surface area contributed by atoms with Crippen molar-refractivity contribution in [3.8, 4) is 0 Å². The first-order chi connectivity index (χ1) is 7.47. The zero-order valence-corrected chi connectivity index (χ0v) is 12.1. The monoisotopic (exact) mass is 246 g/mol. The van der Waals surface area contributed by atoms with Crippen LogP contribution in [0, 0.1) is 11.8 Å². The van der Waals surface area contributed by atoms with Gasteiger partial charge in [0.05, 0.1) is 6.61 Å². The zero-order chi connectivity index (χ0) is 12.6. The highest BCUT2D eigenvalue weighted by Gasteiger charge is 2.12. The van der Waals surface area contributed by atoms with Gasteiger partial charge in [-0.15, -0.1) is 0 Å². The van der Waals surface area contributed by atoms with E-state index in [1.165, 1.54) is 0 Å². The standard InChI is InChI=1S/C12H26N2OS/c1-10(2)8-14(9-11(3)4)12(16)13-6-7-15-5/h10-11H,6-9H2,1-5H3,(H,13,16). The summed E-state index contributed by atoms with van der Waals surface area (Å²) in [6, 6.07) is 0. The van der Waals surface area contributed by atoms with Crippen molar-refractivity contribution in [2.24, 2.45) is 11.8 Å². The molecule has 0 amide bonds. The number of hydrogen-bond donors (Lipinski definition) is 1. The molecule has 0 radical (unpaired) electrons. The van der Waals surface area contributed by atoms with Crippen LogP contribution in [0.25, 0.3) is 0 Å². The lowest BCUT2D eigenvalue weighted by Gasteiger charge is -2.29. The summed E-state index contributed by atoms with van der Waals surface area (Å²) in [5.41, 5.74) is 0. The molecule has 0 rings (SSSR count). The van der Waals surface area contributed by atoms with Gasteiger partial charge in [0.2, 0.25) is 0 Å². The van der Waals surface area contributed by atoms with E-state index in [0.29, 0.717) is 18.4 Å². The van der Waals surface area contributed by atoms with E-state index >= 15 is 0 Å². The van der Waals surface area contributed by atoms with Crippen molar-refractivity contribution < 1.29 is 4.74 Å². The van der Waals surface area contributed by atoms with Gasteiger partial charge in [-0.25, -0.2) is 0 Å². The van der Waals surface area contributed by atoms with Crippen molar-refractivity contribution in [2.75, 3.05) is 33.4 Å². The summed E-state index contributed by atoms with van der Waals surface area (Å²) in [6.07, 6.45) is 0. The molecule has 4 heteroatoms. The minimum absolute atomic E-state index is 0.626. The lowest BCUT2D eigenvalue weighted by molar-refractivity contribution is 0.202. The summed E-state index contributed by atoms with van der Waals surface area (Å²) in [4.78, 5) is 2.25. The first-order valence-electron chi connectivity index (χ1n) is 5.99. The van der Waals surface area contributed by atoms with Gasteiger partial charge in [-0.1, -0.05) is 27.7 Å². The molecule has 16 heavy (non-hydrogen) atoms. The van der Waals surface area contributed by atoms with E-state index in [1.807, 2.05) is 0 Å². The summed E-state index contributed by atoms with van der Waals surface area (Å²) in [5, 5.41) is 4.07. The number of ether oxygens (including phenoxy) is 1. The van der Waals surface area contributed by atoms with Crippen LogP contribution in [0.4, 0.5) is 0 Å². The van der Waals surface area contributed by atoms with E-state index in [2.05, 4.69) is 37.9 Å². The van der Waals surface area contributed by atoms with Crippen LogP contribution in [0.3, 0.4) is 0 Å². The van der Waals surface area contributed by atoms with Gasteiger partial charge in [0.15, 0.2) is 5.11 Å². The Morgan fingerprint density at radius 3 is 2.06 bits per heavy atom. The minimum atomic E-state index is 0.626. The van der Waals surface area contributed by atoms with E-state index in [1.54, 1.807) is 7.11 Å². The van der Waals surface area contributed by atoms with E-state index < -0.39 is 0 Å². The van der Waals surface area contributed by atoms with Crippen LogP contribution in [-0.4, -0.2) is 43.4 Å². The van der Waals surface area contributed by atoms with Gasteiger partial charge in [-0.2, -0.15) is 0 Å². The van der Waals surface area contributed by atoms with Crippen LogP contribution in [0.2, 0.25) is 0 Å². The third kappa shape index (κ3) is 7.88. The van der Waals surface area contributed by atoms with Crippen LogP contribution < -0.4 is 5.32 Å². The maximum absolute atomic E-state index is 5.38. The van der Waals surface area contributed by atoms with Crippen LogP contribution in [0.1, 0.15) is 27.7 Å². The molecule has 3 nitrogen and oxygen atoms in total. The molecule has 0 atom stereocenters. The van der Waals surface area contributed by atoms with Crippen LogP contribution >= 0.6 is 12.2 Å². The SMILES string of the molecule is COCCNC(=S)N(CC(C)C)CC(C)C. The topological polar surface area (TPSA) is 24.5 Å². The Bertz CT molecular complexity index is 185. The Hall–Kier alpha value is -0.350. The first kappa shape index (κ1) is 15.7. The molecule has 0 fully saturated rings. The van der Waals surface area contributed by atoms with Gasteiger partial charge in [-0.3, -0.25) is 0 Å². The molecule has 0 aliphatic heterocycles. The van der Waals surface area contributed by atoms with E-state index in [-0.39, 0.29) is 0 Å². The predicted molar refractivity (Wildman–Crippen MR) is 73.7 cm³/mol. The van der Waals surface area contributed by atoms with E-state index in [9.17, 15) is 0 Å². The quantitative estimate of drug-likeness (QED) is 0.549. The van der Waals surface area contributed by atoms with Crippen LogP contribution in [0.15, 0.2) is 0 Å². The number of nitrogens with zero attached hydrogens (tertiary/aromatic N) is 1. The van der Waals surface area contributed by atoms with Gasteiger partial charge < -0.3 is 15.0 Å². The molecule has 0 aromatic heterocycles. The zero-order valence-electron chi connectivity index (χ0n) is 11.2. The summed E-state index contributed by atoms with van der Waals surface area (Å²) in [5.74, 6) is 1.25. The Balaban J connectivity index is 4.10. The van der Waals surface area contributed by atoms with Crippen molar-refractivity contribution >= 4 is 17.3 Å². The lowest BCUT2D eigenvalue weighted by Crippen LogP contribution is -2.44. The van der Waals surface area contributed by atoms with Crippen molar-refractivity contribution in [1.82, 2.24) is 10.2 Å². The van der Waals surface area contributed by atoms with Crippen LogP contribution in [0.5, 0.6) is 0 Å². The molecule has 0 saturated carbocycles. The average molecular weight is 246 g/mol. The van der Waals surface area contributed by atoms with Gasteiger partial charge in [0.1, 0.15) is 0 Å². The van der Waals surface area contributed by atoms with Crippen LogP contribution in [-0.2, 0) is 4.74 Å². The molecule has 96 valence electrons. The number of nitrogens with one attached hydrogen (secondary N) is 1. The smallest absolute Gasteiger partial charge is 0.169 e. The molecule has 0 aromatic rings. The molecule has 0 saturated heterocycles. The van der Waals surface area contributed by atoms with Crippen molar-refractivity contribution in [1.29, 1.82) is 0 Å². The summed E-state index contributed by atoms with van der Waals surface area (Å²) in [6.45, 7) is 12.3. The largest absolute Gasteiger partial charge is 0.383 e. The van der Waals surface area contributed by atoms with Crippen molar-refractivity contribution in [3.05, 3.63) is 0 Å². The molecule has 0 aromatic carbocycles. The second-order valence-electron chi connectivity index (χ2n) is 4.92. The Morgan fingerprint density at radius 2 is 1.69 bits per heavy atom. The second-order valence-corrected chi connectivity index (χ2v) is 5.30. The molecular formula is C12H26N2OS. The lowest BCUT2D eigenvalue weighted by atomic mass is 10.1. The highest BCUT2D eigenvalue weighted by molar-refractivity contribution is 7.80. The van der Waals surface area contributed by atoms with Gasteiger partial charge in [-0.05, 0) is 24.1 Å². The Labute approximate surface area is 106 Å². The summed E-state index contributed by atoms with van der Waals surface area (Å²) < 4.78 is 4.99. The maximum atomic E-state index is 5.38. The Kier molecular flexibility index (Phi) is 8.57. The maximum Gasteiger partial charge on any atom is 0.169 e. The highest BCUT2D eigenvalue weighted by Crippen LogP contribution is 2.04. The van der Waals surface area contributed by atoms with E-state index in [0.717, 1.165) is 24.7 Å². The fourth-order valence-corrected chi connectivity index (χ4v) is 1.74. The first-order valence-corrected chi connectivity index (χ1v) is 6.39. The van der Waals surface area contributed by atoms with Gasteiger partial charge in [0.25, 0.3) is 0 Å². The number of methoxy groups -OCH3 is 1. The van der Waals surface area contributed by atoms with Gasteiger partial charge in [0, 0.05) is 26.7 Å². The average Bonchev–Trinajstić information content (AvgIpc) is 2.15. The molecule has 0 bridgehead atoms. The number of rotatable bonds is 7. The van der Waals surface area contributed by atoms with Crippen molar-refractivity contribution in [3.63, 3.8) is 0 Å². The molecular weight excluding hydrogens is 220 g/mol. The normalized spacial score (nSPS) is 10.9. The van der Waals surface area contributed by atoms with Crippen molar-refractivity contribution in [2.45, 2.75) is 27.7 Å². The molecule has 0 unspecified atom stereocenters. The van der Waals surface area contributed by atoms with E-state index in [4.69, 9.17) is 17.0 Å². The highest BCUT2D eigenvalue weighted by atomic mass is 32.1. The predicted octanol–water partition coefficient (Wildman–Crippen LogP) is 2.12. The molecule has 0 heterocycles. The summed E-state index contributed by atoms with van der Waals surface area (Å²) >= 11 is 5.38. The molecule has 1 N–H and O–H groups in total. The summed E-state index contributed by atoms with van der Waals surface area (Å²) in [7, 11) is 1.70. The third-order valence-electron chi connectivity index (χ3n) is 2.04.